The van der Waals surface area contributed by atoms with E-state index in [4.69, 9.17) is 4.74 Å². The third kappa shape index (κ3) is 3.99. The zero-order valence-corrected chi connectivity index (χ0v) is 18.7. The standard InChI is InChI=1S/C23H25N5O2S/c1-28-13-17(14-6-8-25-9-7-14)20-21(30-2)18(12-26-22(20)28)27-23(29)15-4-5-19(31-3)16(10-15)11-24/h4-5,10,12-14,25H,6-9H2,1-3H3,(H,27,29). The van der Waals surface area contributed by atoms with Crippen LogP contribution in [0.1, 0.15) is 40.2 Å². The molecular weight excluding hydrogens is 410 g/mol. The number of carbonyl (C=O) groups excluding carboxylic acids is 1. The number of hydrogen-bond donors (Lipinski definition) is 2. The van der Waals surface area contributed by atoms with E-state index in [-0.39, 0.29) is 5.91 Å². The Kier molecular flexibility index (Phi) is 6.16. The first-order chi connectivity index (χ1) is 15.1. The van der Waals surface area contributed by atoms with Crippen molar-refractivity contribution in [3.8, 4) is 11.8 Å². The molecule has 2 N–H and O–H groups in total. The highest BCUT2D eigenvalue weighted by molar-refractivity contribution is 7.98. The number of hydrogen-bond acceptors (Lipinski definition) is 6. The summed E-state index contributed by atoms with van der Waals surface area (Å²) in [6, 6.07) is 7.29. The largest absolute Gasteiger partial charge is 0.494 e. The van der Waals surface area contributed by atoms with E-state index < -0.39 is 0 Å². The van der Waals surface area contributed by atoms with Crippen LogP contribution in [0.3, 0.4) is 0 Å². The Morgan fingerprint density at radius 1 is 1.39 bits per heavy atom. The molecule has 31 heavy (non-hydrogen) atoms. The fraction of sp³-hybridized carbons (Fsp3) is 0.348. The van der Waals surface area contributed by atoms with Gasteiger partial charge in [-0.2, -0.15) is 5.26 Å². The summed E-state index contributed by atoms with van der Waals surface area (Å²) in [5, 5.41) is 16.7. The number of carbonyl (C=O) groups is 1. The highest BCUT2D eigenvalue weighted by Gasteiger charge is 2.24. The highest BCUT2D eigenvalue weighted by Crippen LogP contribution is 2.40. The molecule has 4 rings (SSSR count). The molecule has 1 amide bonds. The first kappa shape index (κ1) is 21.2. The number of rotatable bonds is 5. The van der Waals surface area contributed by atoms with Gasteiger partial charge < -0.3 is 19.9 Å². The van der Waals surface area contributed by atoms with Gasteiger partial charge in [0.25, 0.3) is 5.91 Å². The summed E-state index contributed by atoms with van der Waals surface area (Å²) in [5.41, 5.74) is 3.46. The van der Waals surface area contributed by atoms with Crippen LogP contribution in [-0.4, -0.2) is 41.9 Å². The number of aryl methyl sites for hydroxylation is 1. The second-order valence-electron chi connectivity index (χ2n) is 7.60. The number of nitrogens with zero attached hydrogens (tertiary/aromatic N) is 3. The molecule has 0 spiro atoms. The third-order valence-corrected chi connectivity index (χ3v) is 6.58. The van der Waals surface area contributed by atoms with Gasteiger partial charge in [0, 0.05) is 23.7 Å². The molecule has 160 valence electrons. The number of nitriles is 1. The maximum absolute atomic E-state index is 13.0. The number of aromatic nitrogens is 2. The van der Waals surface area contributed by atoms with Gasteiger partial charge in [0.05, 0.1) is 24.3 Å². The Balaban J connectivity index is 1.73. The molecule has 0 saturated carbocycles. The van der Waals surface area contributed by atoms with Crippen LogP contribution in [0, 0.1) is 11.3 Å². The Bertz CT molecular complexity index is 1170. The van der Waals surface area contributed by atoms with Crippen molar-refractivity contribution in [2.24, 2.45) is 7.05 Å². The van der Waals surface area contributed by atoms with Gasteiger partial charge in [-0.25, -0.2) is 4.98 Å². The smallest absolute Gasteiger partial charge is 0.255 e. The van der Waals surface area contributed by atoms with Crippen LogP contribution in [0.5, 0.6) is 5.75 Å². The van der Waals surface area contributed by atoms with E-state index in [0.717, 1.165) is 41.9 Å². The van der Waals surface area contributed by atoms with Crippen molar-refractivity contribution in [1.82, 2.24) is 14.9 Å². The maximum atomic E-state index is 13.0. The van der Waals surface area contributed by atoms with Gasteiger partial charge in [0.2, 0.25) is 0 Å². The molecule has 1 saturated heterocycles. The van der Waals surface area contributed by atoms with Crippen LogP contribution in [-0.2, 0) is 7.05 Å². The molecule has 2 aromatic heterocycles. The average Bonchev–Trinajstić information content (AvgIpc) is 3.15. The monoisotopic (exact) mass is 435 g/mol. The maximum Gasteiger partial charge on any atom is 0.255 e. The lowest BCUT2D eigenvalue weighted by molar-refractivity contribution is 0.102. The molecule has 3 aromatic rings. The van der Waals surface area contributed by atoms with E-state index in [1.54, 1.807) is 31.5 Å². The number of thioether (sulfide) groups is 1. The first-order valence-corrected chi connectivity index (χ1v) is 11.4. The minimum Gasteiger partial charge on any atom is -0.494 e. The second kappa shape index (κ2) is 9.00. The van der Waals surface area contributed by atoms with Crippen molar-refractivity contribution in [2.45, 2.75) is 23.7 Å². The SMILES string of the molecule is COc1c(NC(=O)c2ccc(SC)c(C#N)c2)cnc2c1c(C1CCNCC1)cn2C. The molecular formula is C23H25N5O2S. The van der Waals surface area contributed by atoms with E-state index in [0.29, 0.717) is 28.5 Å². The van der Waals surface area contributed by atoms with Crippen LogP contribution < -0.4 is 15.4 Å². The topological polar surface area (TPSA) is 92.0 Å². The van der Waals surface area contributed by atoms with Crippen molar-refractivity contribution >= 4 is 34.4 Å². The zero-order valence-electron chi connectivity index (χ0n) is 17.9. The van der Waals surface area contributed by atoms with E-state index in [1.165, 1.54) is 17.3 Å². The first-order valence-electron chi connectivity index (χ1n) is 10.2. The van der Waals surface area contributed by atoms with E-state index in [1.807, 2.05) is 17.9 Å². The molecule has 1 aromatic carbocycles. The van der Waals surface area contributed by atoms with Gasteiger partial charge in [-0.1, -0.05) is 0 Å². The Hall–Kier alpha value is -3.02. The number of piperidine rings is 1. The number of benzene rings is 1. The number of fused-ring (bicyclic) bond motifs is 1. The van der Waals surface area contributed by atoms with Gasteiger partial charge in [0.1, 0.15) is 17.4 Å². The van der Waals surface area contributed by atoms with Gasteiger partial charge in [0.15, 0.2) is 5.75 Å². The Morgan fingerprint density at radius 3 is 2.84 bits per heavy atom. The normalized spacial score (nSPS) is 14.4. The van der Waals surface area contributed by atoms with Crippen molar-refractivity contribution in [3.05, 3.63) is 47.3 Å². The number of amides is 1. The van der Waals surface area contributed by atoms with E-state index in [2.05, 4.69) is 27.9 Å². The van der Waals surface area contributed by atoms with Gasteiger partial charge in [-0.05, 0) is 61.9 Å². The predicted molar refractivity (Wildman–Crippen MR) is 123 cm³/mol. The molecule has 3 heterocycles. The molecule has 1 fully saturated rings. The minimum absolute atomic E-state index is 0.303. The van der Waals surface area contributed by atoms with Crippen LogP contribution in [0.4, 0.5) is 5.69 Å². The molecule has 1 aliphatic heterocycles. The fourth-order valence-corrected chi connectivity index (χ4v) is 4.75. The molecule has 8 heteroatoms. The average molecular weight is 436 g/mol. The van der Waals surface area contributed by atoms with Crippen LogP contribution in [0.2, 0.25) is 0 Å². The molecule has 0 bridgehead atoms. The highest BCUT2D eigenvalue weighted by atomic mass is 32.2. The quantitative estimate of drug-likeness (QED) is 0.591. The number of methoxy groups -OCH3 is 1. The molecule has 0 unspecified atom stereocenters. The summed E-state index contributed by atoms with van der Waals surface area (Å²) in [6.45, 7) is 1.97. The summed E-state index contributed by atoms with van der Waals surface area (Å²) in [6.07, 6.45) is 7.77. The summed E-state index contributed by atoms with van der Waals surface area (Å²) in [4.78, 5) is 18.4. The Labute approximate surface area is 185 Å². The number of pyridine rings is 1. The second-order valence-corrected chi connectivity index (χ2v) is 8.45. The van der Waals surface area contributed by atoms with Gasteiger partial charge in [-0.15, -0.1) is 11.8 Å². The lowest BCUT2D eigenvalue weighted by Gasteiger charge is -2.23. The summed E-state index contributed by atoms with van der Waals surface area (Å²) >= 11 is 1.48. The summed E-state index contributed by atoms with van der Waals surface area (Å²) in [5.74, 6) is 0.737. The summed E-state index contributed by atoms with van der Waals surface area (Å²) < 4.78 is 7.80. The minimum atomic E-state index is -0.303. The fourth-order valence-electron chi connectivity index (χ4n) is 4.22. The van der Waals surface area contributed by atoms with Crippen molar-refractivity contribution < 1.29 is 9.53 Å². The number of nitrogens with one attached hydrogen (secondary N) is 2. The predicted octanol–water partition coefficient (Wildman–Crippen LogP) is 3.89. The van der Waals surface area contributed by atoms with Crippen molar-refractivity contribution in [3.63, 3.8) is 0 Å². The number of ether oxygens (including phenoxy) is 1. The lowest BCUT2D eigenvalue weighted by atomic mass is 9.90. The lowest BCUT2D eigenvalue weighted by Crippen LogP contribution is -2.26. The Morgan fingerprint density at radius 2 is 2.16 bits per heavy atom. The molecule has 7 nitrogen and oxygen atoms in total. The summed E-state index contributed by atoms with van der Waals surface area (Å²) in [7, 11) is 3.60. The molecule has 0 atom stereocenters. The van der Waals surface area contributed by atoms with Crippen molar-refractivity contribution in [1.29, 1.82) is 5.26 Å². The van der Waals surface area contributed by atoms with Gasteiger partial charge in [-0.3, -0.25) is 4.79 Å². The van der Waals surface area contributed by atoms with Crippen LogP contribution in [0.25, 0.3) is 11.0 Å². The zero-order chi connectivity index (χ0) is 22.0. The van der Waals surface area contributed by atoms with E-state index in [9.17, 15) is 10.1 Å². The number of anilines is 1. The van der Waals surface area contributed by atoms with Crippen LogP contribution >= 0.6 is 11.8 Å². The van der Waals surface area contributed by atoms with Crippen LogP contribution in [0.15, 0.2) is 35.5 Å². The van der Waals surface area contributed by atoms with E-state index >= 15 is 0 Å². The molecule has 1 aliphatic rings. The molecule has 0 radical (unpaired) electrons. The van der Waals surface area contributed by atoms with Crippen molar-refractivity contribution in [2.75, 3.05) is 31.8 Å². The molecule has 0 aliphatic carbocycles. The van der Waals surface area contributed by atoms with Gasteiger partial charge >= 0.3 is 0 Å². The third-order valence-electron chi connectivity index (χ3n) is 5.78.